The van der Waals surface area contributed by atoms with Gasteiger partial charge in [-0.2, -0.15) is 0 Å². The zero-order valence-electron chi connectivity index (χ0n) is 25.0. The summed E-state index contributed by atoms with van der Waals surface area (Å²) in [7, 11) is 0. The summed E-state index contributed by atoms with van der Waals surface area (Å²) in [6.45, 7) is 1.77. The molecule has 5 nitrogen and oxygen atoms in total. The van der Waals surface area contributed by atoms with E-state index in [0.29, 0.717) is 24.7 Å². The summed E-state index contributed by atoms with van der Waals surface area (Å²) < 4.78 is 0. The van der Waals surface area contributed by atoms with E-state index in [-0.39, 0.29) is 29.8 Å². The van der Waals surface area contributed by atoms with Crippen molar-refractivity contribution in [1.82, 2.24) is 15.5 Å². The third-order valence-corrected chi connectivity index (χ3v) is 9.25. The van der Waals surface area contributed by atoms with Crippen LogP contribution in [0.5, 0.6) is 0 Å². The summed E-state index contributed by atoms with van der Waals surface area (Å²) in [5.74, 6) is 0.940. The van der Waals surface area contributed by atoms with Gasteiger partial charge in [0.25, 0.3) is 0 Å². The maximum absolute atomic E-state index is 14.1. The summed E-state index contributed by atoms with van der Waals surface area (Å²) in [4.78, 5) is 28.8. The Bertz CT molecular complexity index is 1280. The van der Waals surface area contributed by atoms with Gasteiger partial charge in [-0.3, -0.25) is 9.59 Å². The molecular weight excluding hydrogens is 554 g/mol. The van der Waals surface area contributed by atoms with Crippen LogP contribution in [0.25, 0.3) is 6.08 Å². The van der Waals surface area contributed by atoms with Crippen molar-refractivity contribution in [3.63, 3.8) is 0 Å². The lowest BCUT2D eigenvalue weighted by molar-refractivity contribution is -0.133. The van der Waals surface area contributed by atoms with E-state index >= 15 is 0 Å². The lowest BCUT2D eigenvalue weighted by Gasteiger charge is -2.29. The van der Waals surface area contributed by atoms with Crippen LogP contribution in [-0.2, 0) is 9.59 Å². The molecule has 2 fully saturated rings. The van der Waals surface area contributed by atoms with Gasteiger partial charge in [-0.1, -0.05) is 123 Å². The third kappa shape index (κ3) is 9.29. The minimum atomic E-state index is -0.248. The Labute approximate surface area is 261 Å². The van der Waals surface area contributed by atoms with Crippen LogP contribution in [0.1, 0.15) is 74.0 Å². The molecule has 3 aromatic rings. The first-order valence-corrected chi connectivity index (χ1v) is 16.3. The molecule has 1 heterocycles. The van der Waals surface area contributed by atoms with Crippen molar-refractivity contribution in [1.29, 1.82) is 0 Å². The van der Waals surface area contributed by atoms with Crippen molar-refractivity contribution in [3.8, 4) is 0 Å². The molecule has 0 aromatic heterocycles. The van der Waals surface area contributed by atoms with Crippen molar-refractivity contribution in [2.45, 2.75) is 69.4 Å². The third-order valence-electron chi connectivity index (χ3n) is 9.00. The highest BCUT2D eigenvalue weighted by atomic mass is 35.5. The van der Waals surface area contributed by atoms with Crippen LogP contribution in [0.15, 0.2) is 91.0 Å². The predicted molar refractivity (Wildman–Crippen MR) is 176 cm³/mol. The highest BCUT2D eigenvalue weighted by molar-refractivity contribution is 6.30. The number of benzene rings is 3. The molecule has 3 aromatic carbocycles. The second kappa shape index (κ2) is 15.9. The Morgan fingerprint density at radius 2 is 1.56 bits per heavy atom. The van der Waals surface area contributed by atoms with Crippen LogP contribution in [0.2, 0.25) is 5.02 Å². The summed E-state index contributed by atoms with van der Waals surface area (Å²) in [5, 5.41) is 7.39. The molecule has 1 aliphatic carbocycles. The number of hydrogen-bond donors (Lipinski definition) is 2. The Morgan fingerprint density at radius 3 is 2.21 bits per heavy atom. The lowest BCUT2D eigenvalue weighted by Crippen LogP contribution is -2.49. The smallest absolute Gasteiger partial charge is 0.244 e. The van der Waals surface area contributed by atoms with Gasteiger partial charge in [0, 0.05) is 42.7 Å². The number of carbonyl (C=O) groups excluding carboxylic acids is 2. The van der Waals surface area contributed by atoms with Crippen LogP contribution >= 0.6 is 11.6 Å². The number of rotatable bonds is 12. The molecule has 0 bridgehead atoms. The number of amides is 2. The van der Waals surface area contributed by atoms with Crippen LogP contribution < -0.4 is 10.6 Å². The van der Waals surface area contributed by atoms with Crippen LogP contribution in [0, 0.1) is 5.92 Å². The Kier molecular flexibility index (Phi) is 11.5. The molecule has 0 spiro atoms. The molecule has 2 amide bonds. The van der Waals surface area contributed by atoms with E-state index < -0.39 is 0 Å². The Hall–Kier alpha value is -3.41. The molecule has 226 valence electrons. The first-order chi connectivity index (χ1) is 21.0. The maximum Gasteiger partial charge on any atom is 0.244 e. The topological polar surface area (TPSA) is 61.4 Å². The molecule has 1 saturated heterocycles. The summed E-state index contributed by atoms with van der Waals surface area (Å²) in [6.07, 6.45) is 12.5. The lowest BCUT2D eigenvalue weighted by atomic mass is 9.90. The molecule has 2 aliphatic rings. The van der Waals surface area contributed by atoms with Gasteiger partial charge in [0.1, 0.15) is 0 Å². The predicted octanol–water partition coefficient (Wildman–Crippen LogP) is 7.22. The van der Waals surface area contributed by atoms with Crippen molar-refractivity contribution >= 4 is 29.5 Å². The van der Waals surface area contributed by atoms with Crippen LogP contribution in [-0.4, -0.2) is 48.4 Å². The van der Waals surface area contributed by atoms with E-state index in [0.717, 1.165) is 30.7 Å². The Balaban J connectivity index is 1.26. The molecule has 1 aliphatic heterocycles. The molecule has 6 heteroatoms. The number of nitrogens with zero attached hydrogens (tertiary/aromatic N) is 1. The van der Waals surface area contributed by atoms with Gasteiger partial charge in [-0.05, 0) is 53.7 Å². The van der Waals surface area contributed by atoms with Gasteiger partial charge in [-0.25, -0.2) is 0 Å². The number of halogens is 1. The van der Waals surface area contributed by atoms with Gasteiger partial charge in [0.2, 0.25) is 11.8 Å². The fourth-order valence-corrected chi connectivity index (χ4v) is 6.69. The standard InChI is InChI=1S/C37H44ClN3O2/c38-32-21-18-29(19-22-32)20-23-36(42)39-26-33-24-25-41(37(43)35(40-33)17-9-12-28-10-7-8-11-28)27-34(30-13-3-1-4-14-30)31-15-5-2-6-16-31/h1-6,13-16,18-23,28,33-35,40H,7-12,17,24-27H2,(H,39,42)/b23-20+/t33-,35-/m0/s1. The average molecular weight is 598 g/mol. The molecule has 2 N–H and O–H groups in total. The van der Waals surface area contributed by atoms with E-state index in [1.165, 1.54) is 43.2 Å². The van der Waals surface area contributed by atoms with Gasteiger partial charge in [0.05, 0.1) is 6.04 Å². The minimum absolute atomic E-state index is 0.0187. The van der Waals surface area contributed by atoms with Crippen molar-refractivity contribution in [3.05, 3.63) is 113 Å². The van der Waals surface area contributed by atoms with Crippen LogP contribution in [0.4, 0.5) is 0 Å². The first kappa shape index (κ1) is 31.0. The van der Waals surface area contributed by atoms with Gasteiger partial charge in [0.15, 0.2) is 0 Å². The Morgan fingerprint density at radius 1 is 0.907 bits per heavy atom. The quantitative estimate of drug-likeness (QED) is 0.217. The summed E-state index contributed by atoms with van der Waals surface area (Å²) >= 11 is 5.97. The monoisotopic (exact) mass is 597 g/mol. The van der Waals surface area contributed by atoms with Crippen molar-refractivity contribution < 1.29 is 9.59 Å². The number of nitrogens with one attached hydrogen (secondary N) is 2. The van der Waals surface area contributed by atoms with E-state index in [1.807, 2.05) is 36.4 Å². The molecule has 2 atom stereocenters. The van der Waals surface area contributed by atoms with E-state index in [9.17, 15) is 9.59 Å². The van der Waals surface area contributed by atoms with Crippen molar-refractivity contribution in [2.75, 3.05) is 19.6 Å². The molecule has 5 rings (SSSR count). The molecular formula is C37H44ClN3O2. The molecule has 0 unspecified atom stereocenters. The second-order valence-electron chi connectivity index (χ2n) is 12.1. The highest BCUT2D eigenvalue weighted by Crippen LogP contribution is 2.30. The van der Waals surface area contributed by atoms with Crippen molar-refractivity contribution in [2.24, 2.45) is 5.92 Å². The number of carbonyl (C=O) groups is 2. The van der Waals surface area contributed by atoms with E-state index in [4.69, 9.17) is 11.6 Å². The van der Waals surface area contributed by atoms with E-state index in [1.54, 1.807) is 12.2 Å². The molecule has 0 radical (unpaired) electrons. The average Bonchev–Trinajstić information content (AvgIpc) is 3.51. The summed E-state index contributed by atoms with van der Waals surface area (Å²) in [6, 6.07) is 28.2. The zero-order chi connectivity index (χ0) is 29.9. The highest BCUT2D eigenvalue weighted by Gasteiger charge is 2.32. The first-order valence-electron chi connectivity index (χ1n) is 15.9. The van der Waals surface area contributed by atoms with E-state index in [2.05, 4.69) is 64.1 Å². The fourth-order valence-electron chi connectivity index (χ4n) is 6.56. The normalized spacial score (nSPS) is 19.7. The van der Waals surface area contributed by atoms with Crippen LogP contribution in [0.3, 0.4) is 0 Å². The van der Waals surface area contributed by atoms with Gasteiger partial charge < -0.3 is 15.5 Å². The second-order valence-corrected chi connectivity index (χ2v) is 12.5. The minimum Gasteiger partial charge on any atom is -0.351 e. The molecule has 43 heavy (non-hydrogen) atoms. The number of hydrogen-bond acceptors (Lipinski definition) is 3. The molecule has 1 saturated carbocycles. The zero-order valence-corrected chi connectivity index (χ0v) is 25.7. The SMILES string of the molecule is O=C(/C=C/c1ccc(Cl)cc1)NC[C@@H]1CCN(CC(c2ccccc2)c2ccccc2)C(=O)[C@H](CCCC2CCCC2)N1. The van der Waals surface area contributed by atoms with Gasteiger partial charge in [-0.15, -0.1) is 0 Å². The van der Waals surface area contributed by atoms with Gasteiger partial charge >= 0.3 is 0 Å². The fraction of sp³-hybridized carbons (Fsp3) is 0.405. The largest absolute Gasteiger partial charge is 0.351 e. The maximum atomic E-state index is 14.1. The summed E-state index contributed by atoms with van der Waals surface area (Å²) in [5.41, 5.74) is 3.35.